The molecule has 30 heavy (non-hydrogen) atoms. The molecule has 0 aliphatic carbocycles. The second-order valence-electron chi connectivity index (χ2n) is 7.06. The maximum Gasteiger partial charge on any atom is 0.247 e. The summed E-state index contributed by atoms with van der Waals surface area (Å²) in [7, 11) is 0. The lowest BCUT2D eigenvalue weighted by Gasteiger charge is -2.27. The van der Waals surface area contributed by atoms with Crippen LogP contribution in [-0.4, -0.2) is 17.9 Å². The first-order chi connectivity index (χ1) is 14.2. The van der Waals surface area contributed by atoms with Crippen molar-refractivity contribution < 1.29 is 14.0 Å². The highest BCUT2D eigenvalue weighted by atomic mass is 35.5. The highest BCUT2D eigenvalue weighted by Gasteiger charge is 2.29. The molecule has 1 aliphatic heterocycles. The molecule has 3 N–H and O–H groups in total. The van der Waals surface area contributed by atoms with Crippen LogP contribution in [0.3, 0.4) is 0 Å². The molecular weight excluding hydrogens is 402 g/mol. The standard InChI is InChI=1S/C23H23N3O3.ClH/c27-22(20-13-17-9-4-5-10-18(17)14-24-20)26-21(16-7-2-1-3-8-16)23(28)25-15-19-11-6-12-29-19;/h1-12,20-21,24H,13-15H2,(H,25,28)(H,26,27);1H/t20-,21+;/m0./s1. The van der Waals surface area contributed by atoms with Crippen LogP contribution >= 0.6 is 12.4 Å². The Kier molecular flexibility index (Phi) is 7.27. The number of halogens is 1. The van der Waals surface area contributed by atoms with Crippen molar-refractivity contribution in [3.05, 3.63) is 95.4 Å². The van der Waals surface area contributed by atoms with E-state index in [1.54, 1.807) is 18.4 Å². The van der Waals surface area contributed by atoms with Crippen LogP contribution in [0.25, 0.3) is 0 Å². The molecule has 0 saturated carbocycles. The van der Waals surface area contributed by atoms with Crippen LogP contribution in [0.5, 0.6) is 0 Å². The average molecular weight is 426 g/mol. The molecule has 0 fully saturated rings. The van der Waals surface area contributed by atoms with Crippen molar-refractivity contribution in [2.75, 3.05) is 0 Å². The number of benzene rings is 2. The Morgan fingerprint density at radius 2 is 1.73 bits per heavy atom. The summed E-state index contributed by atoms with van der Waals surface area (Å²) >= 11 is 0. The van der Waals surface area contributed by atoms with Crippen LogP contribution in [0.15, 0.2) is 77.4 Å². The van der Waals surface area contributed by atoms with Gasteiger partial charge in [-0.1, -0.05) is 54.6 Å². The summed E-state index contributed by atoms with van der Waals surface area (Å²) in [4.78, 5) is 25.8. The van der Waals surface area contributed by atoms with Crippen molar-refractivity contribution in [2.45, 2.75) is 31.6 Å². The lowest BCUT2D eigenvalue weighted by atomic mass is 9.95. The topological polar surface area (TPSA) is 83.4 Å². The van der Waals surface area contributed by atoms with E-state index in [2.05, 4.69) is 22.0 Å². The molecule has 1 aliphatic rings. The van der Waals surface area contributed by atoms with Crippen LogP contribution in [0.1, 0.15) is 28.5 Å². The minimum atomic E-state index is -0.780. The van der Waals surface area contributed by atoms with E-state index in [1.165, 1.54) is 5.56 Å². The first kappa shape index (κ1) is 21.6. The fourth-order valence-corrected chi connectivity index (χ4v) is 3.52. The molecule has 0 radical (unpaired) electrons. The molecule has 2 atom stereocenters. The quantitative estimate of drug-likeness (QED) is 0.567. The normalized spacial score (nSPS) is 15.9. The van der Waals surface area contributed by atoms with Gasteiger partial charge < -0.3 is 20.4 Å². The number of rotatable bonds is 6. The van der Waals surface area contributed by atoms with E-state index >= 15 is 0 Å². The number of fused-ring (bicyclic) bond motifs is 1. The number of carbonyl (C=O) groups is 2. The summed E-state index contributed by atoms with van der Waals surface area (Å²) in [6.07, 6.45) is 2.15. The van der Waals surface area contributed by atoms with Gasteiger partial charge in [-0.05, 0) is 35.2 Å². The molecule has 2 aromatic carbocycles. The Morgan fingerprint density at radius 3 is 2.47 bits per heavy atom. The Hall–Kier alpha value is -3.09. The molecular formula is C23H24ClN3O3. The molecule has 0 saturated heterocycles. The molecule has 2 heterocycles. The molecule has 156 valence electrons. The van der Waals surface area contributed by atoms with Crippen LogP contribution in [0.2, 0.25) is 0 Å². The van der Waals surface area contributed by atoms with E-state index in [4.69, 9.17) is 4.42 Å². The summed E-state index contributed by atoms with van der Waals surface area (Å²) in [6.45, 7) is 0.898. The van der Waals surface area contributed by atoms with Gasteiger partial charge in [0, 0.05) is 6.54 Å². The van der Waals surface area contributed by atoms with Gasteiger partial charge in [0.1, 0.15) is 11.8 Å². The second-order valence-corrected chi connectivity index (χ2v) is 7.06. The Bertz CT molecular complexity index is 976. The largest absolute Gasteiger partial charge is 0.467 e. The number of hydrogen-bond acceptors (Lipinski definition) is 4. The van der Waals surface area contributed by atoms with Crippen molar-refractivity contribution in [2.24, 2.45) is 0 Å². The zero-order valence-electron chi connectivity index (χ0n) is 16.3. The molecule has 3 aromatic rings. The monoisotopic (exact) mass is 425 g/mol. The lowest BCUT2D eigenvalue weighted by molar-refractivity contribution is -0.130. The van der Waals surface area contributed by atoms with Crippen molar-refractivity contribution in [1.29, 1.82) is 0 Å². The summed E-state index contributed by atoms with van der Waals surface area (Å²) in [5.74, 6) is 0.181. The van der Waals surface area contributed by atoms with E-state index in [0.717, 1.165) is 11.1 Å². The molecule has 1 aromatic heterocycles. The highest BCUT2D eigenvalue weighted by Crippen LogP contribution is 2.18. The molecule has 0 spiro atoms. The van der Waals surface area contributed by atoms with Crippen molar-refractivity contribution in [3.63, 3.8) is 0 Å². The van der Waals surface area contributed by atoms with Gasteiger partial charge in [-0.2, -0.15) is 0 Å². The third kappa shape index (κ3) is 5.09. The van der Waals surface area contributed by atoms with Gasteiger partial charge in [-0.15, -0.1) is 12.4 Å². The number of amides is 2. The summed E-state index contributed by atoms with van der Waals surface area (Å²) in [6, 6.07) is 19.7. The average Bonchev–Trinajstić information content (AvgIpc) is 3.29. The third-order valence-corrected chi connectivity index (χ3v) is 5.10. The maximum absolute atomic E-state index is 13.0. The van der Waals surface area contributed by atoms with E-state index in [-0.39, 0.29) is 36.8 Å². The van der Waals surface area contributed by atoms with Crippen molar-refractivity contribution >= 4 is 24.2 Å². The number of furan rings is 1. The van der Waals surface area contributed by atoms with E-state index in [9.17, 15) is 9.59 Å². The Balaban J connectivity index is 0.00000256. The van der Waals surface area contributed by atoms with Crippen molar-refractivity contribution in [3.8, 4) is 0 Å². The molecule has 0 unspecified atom stereocenters. The fraction of sp³-hybridized carbons (Fsp3) is 0.217. The number of hydrogen-bond donors (Lipinski definition) is 3. The first-order valence-corrected chi connectivity index (χ1v) is 9.66. The maximum atomic E-state index is 13.0. The lowest BCUT2D eigenvalue weighted by Crippen LogP contribution is -2.50. The summed E-state index contributed by atoms with van der Waals surface area (Å²) in [5.41, 5.74) is 3.09. The summed E-state index contributed by atoms with van der Waals surface area (Å²) in [5, 5.41) is 9.03. The van der Waals surface area contributed by atoms with E-state index < -0.39 is 6.04 Å². The minimum Gasteiger partial charge on any atom is -0.467 e. The number of carbonyl (C=O) groups excluding carboxylic acids is 2. The van der Waals surface area contributed by atoms with Crippen LogP contribution < -0.4 is 16.0 Å². The molecule has 2 amide bonds. The minimum absolute atomic E-state index is 0. The van der Waals surface area contributed by atoms with Crippen LogP contribution in [0, 0.1) is 0 Å². The zero-order valence-corrected chi connectivity index (χ0v) is 17.2. The number of nitrogens with one attached hydrogen (secondary N) is 3. The smallest absolute Gasteiger partial charge is 0.247 e. The SMILES string of the molecule is Cl.O=C(N[C@@H](C(=O)NCc1ccco1)c1ccccc1)[C@@H]1Cc2ccccc2CN1. The van der Waals surface area contributed by atoms with Gasteiger partial charge in [-0.25, -0.2) is 0 Å². The third-order valence-electron chi connectivity index (χ3n) is 5.10. The van der Waals surface area contributed by atoms with Crippen LogP contribution in [-0.2, 0) is 29.1 Å². The van der Waals surface area contributed by atoms with Gasteiger partial charge in [0.25, 0.3) is 0 Å². The fourth-order valence-electron chi connectivity index (χ4n) is 3.52. The first-order valence-electron chi connectivity index (χ1n) is 9.66. The van der Waals surface area contributed by atoms with Gasteiger partial charge in [0.05, 0.1) is 18.8 Å². The van der Waals surface area contributed by atoms with E-state index in [1.807, 2.05) is 48.5 Å². The van der Waals surface area contributed by atoms with Gasteiger partial charge in [0.2, 0.25) is 11.8 Å². The van der Waals surface area contributed by atoms with Crippen LogP contribution in [0.4, 0.5) is 0 Å². The van der Waals surface area contributed by atoms with Gasteiger partial charge >= 0.3 is 0 Å². The molecule has 7 heteroatoms. The van der Waals surface area contributed by atoms with Gasteiger partial charge in [-0.3, -0.25) is 9.59 Å². The Labute approximate surface area is 181 Å². The Morgan fingerprint density at radius 1 is 1.00 bits per heavy atom. The summed E-state index contributed by atoms with van der Waals surface area (Å²) < 4.78 is 5.27. The molecule has 4 rings (SSSR count). The predicted octanol–water partition coefficient (Wildman–Crippen LogP) is 2.89. The van der Waals surface area contributed by atoms with E-state index in [0.29, 0.717) is 18.7 Å². The highest BCUT2D eigenvalue weighted by molar-refractivity contribution is 5.90. The molecule has 6 nitrogen and oxygen atoms in total. The van der Waals surface area contributed by atoms with Crippen molar-refractivity contribution in [1.82, 2.24) is 16.0 Å². The molecule has 0 bridgehead atoms. The van der Waals surface area contributed by atoms with Gasteiger partial charge in [0.15, 0.2) is 0 Å². The zero-order chi connectivity index (χ0) is 20.1. The predicted molar refractivity (Wildman–Crippen MR) is 116 cm³/mol. The second kappa shape index (κ2) is 10.1.